The molecule has 1 radical (unpaired) electrons. The van der Waals surface area contributed by atoms with Crippen LogP contribution >= 0.6 is 34.8 Å². The Labute approximate surface area is 201 Å². The highest BCUT2D eigenvalue weighted by Crippen LogP contribution is 2.35. The van der Waals surface area contributed by atoms with E-state index in [0.717, 1.165) is 6.42 Å². The summed E-state index contributed by atoms with van der Waals surface area (Å²) in [5.41, 5.74) is 0.206. The van der Waals surface area contributed by atoms with Crippen LogP contribution in [0.25, 0.3) is 0 Å². The Morgan fingerprint density at radius 3 is 2.41 bits per heavy atom. The standard InChI is InChI=1S/C15H16Cl3N3O2.C7H5O2/c1-2-4-20(15(22)21-5-3-19-10-21)6-7-23-14-12(17)8-11(16)9-13(14)18;8-5-6-3-1-2-4-7(6)9/h3,5,8-10H,2,4,6-7H2,1H3;1-4,9H. The molecule has 0 saturated carbocycles. The predicted octanol–water partition coefficient (Wildman–Crippen LogP) is 5.45. The van der Waals surface area contributed by atoms with E-state index >= 15 is 0 Å². The molecule has 0 fully saturated rings. The van der Waals surface area contributed by atoms with E-state index in [4.69, 9.17) is 44.6 Å². The topological polar surface area (TPSA) is 84.7 Å². The molecule has 32 heavy (non-hydrogen) atoms. The molecule has 3 aromatic rings. The summed E-state index contributed by atoms with van der Waals surface area (Å²) in [5, 5.41) is 9.96. The molecule has 1 aromatic heterocycles. The number of benzene rings is 2. The number of ether oxygens (including phenoxy) is 1. The fourth-order valence-electron chi connectivity index (χ4n) is 2.59. The largest absolute Gasteiger partial charge is 0.507 e. The van der Waals surface area contributed by atoms with Gasteiger partial charge in [-0.2, -0.15) is 0 Å². The predicted molar refractivity (Wildman–Crippen MR) is 125 cm³/mol. The summed E-state index contributed by atoms with van der Waals surface area (Å²) in [6, 6.07) is 9.23. The Hall–Kier alpha value is -2.74. The van der Waals surface area contributed by atoms with Gasteiger partial charge in [0, 0.05) is 24.0 Å². The monoisotopic (exact) mass is 496 g/mol. The van der Waals surface area contributed by atoms with Gasteiger partial charge in [-0.25, -0.2) is 9.78 Å². The van der Waals surface area contributed by atoms with Gasteiger partial charge < -0.3 is 14.7 Å². The Morgan fingerprint density at radius 1 is 1.19 bits per heavy atom. The van der Waals surface area contributed by atoms with Crippen molar-refractivity contribution in [3.63, 3.8) is 0 Å². The second kappa shape index (κ2) is 13.0. The minimum Gasteiger partial charge on any atom is -0.507 e. The molecular formula is C22H21Cl3N3O4. The van der Waals surface area contributed by atoms with Gasteiger partial charge >= 0.3 is 6.03 Å². The van der Waals surface area contributed by atoms with E-state index in [1.807, 2.05) is 6.92 Å². The van der Waals surface area contributed by atoms with Gasteiger partial charge in [0.2, 0.25) is 6.29 Å². The summed E-state index contributed by atoms with van der Waals surface area (Å²) >= 11 is 18.0. The van der Waals surface area contributed by atoms with Crippen LogP contribution in [0.3, 0.4) is 0 Å². The van der Waals surface area contributed by atoms with Gasteiger partial charge in [-0.1, -0.05) is 53.9 Å². The van der Waals surface area contributed by atoms with Crippen molar-refractivity contribution in [3.8, 4) is 11.5 Å². The molecule has 0 aliphatic carbocycles. The molecule has 169 valence electrons. The molecule has 1 N–H and O–H groups in total. The molecule has 0 spiro atoms. The van der Waals surface area contributed by atoms with Crippen molar-refractivity contribution in [3.05, 3.63) is 75.8 Å². The molecular weight excluding hydrogens is 477 g/mol. The van der Waals surface area contributed by atoms with E-state index in [0.29, 0.717) is 33.9 Å². The van der Waals surface area contributed by atoms with Crippen molar-refractivity contribution in [2.45, 2.75) is 13.3 Å². The van der Waals surface area contributed by atoms with Crippen LogP contribution in [0.4, 0.5) is 4.79 Å². The summed E-state index contributed by atoms with van der Waals surface area (Å²) in [6.45, 7) is 3.28. The van der Waals surface area contributed by atoms with E-state index in [9.17, 15) is 9.59 Å². The zero-order valence-electron chi connectivity index (χ0n) is 17.2. The number of rotatable bonds is 7. The Morgan fingerprint density at radius 2 is 1.88 bits per heavy atom. The summed E-state index contributed by atoms with van der Waals surface area (Å²) in [7, 11) is 0. The van der Waals surface area contributed by atoms with Gasteiger partial charge in [-0.05, 0) is 30.7 Å². The number of amides is 1. The van der Waals surface area contributed by atoms with Gasteiger partial charge in [-0.3, -0.25) is 9.36 Å². The van der Waals surface area contributed by atoms with Gasteiger partial charge in [0.1, 0.15) is 18.7 Å². The maximum Gasteiger partial charge on any atom is 0.329 e. The van der Waals surface area contributed by atoms with Gasteiger partial charge in [-0.15, -0.1) is 0 Å². The van der Waals surface area contributed by atoms with Crippen LogP contribution in [-0.4, -0.2) is 51.6 Å². The Balaban J connectivity index is 0.000000336. The molecule has 0 bridgehead atoms. The van der Waals surface area contributed by atoms with E-state index in [-0.39, 0.29) is 24.0 Å². The molecule has 7 nitrogen and oxygen atoms in total. The first-order valence-corrected chi connectivity index (χ1v) is 10.7. The van der Waals surface area contributed by atoms with Gasteiger partial charge in [0.05, 0.1) is 22.2 Å². The van der Waals surface area contributed by atoms with E-state index in [1.54, 1.807) is 47.8 Å². The lowest BCUT2D eigenvalue weighted by Gasteiger charge is -2.22. The maximum absolute atomic E-state index is 12.3. The third-order valence-corrected chi connectivity index (χ3v) is 4.85. The van der Waals surface area contributed by atoms with Crippen LogP contribution in [-0.2, 0) is 4.79 Å². The number of carbonyl (C=O) groups excluding carboxylic acids is 2. The number of phenols is 1. The lowest BCUT2D eigenvalue weighted by molar-refractivity contribution is 0.184. The van der Waals surface area contributed by atoms with Crippen LogP contribution in [0.5, 0.6) is 11.5 Å². The average molecular weight is 498 g/mol. The number of hydrogen-bond acceptors (Lipinski definition) is 5. The fraction of sp³-hybridized carbons (Fsp3) is 0.227. The van der Waals surface area contributed by atoms with E-state index in [2.05, 4.69) is 4.98 Å². The third-order valence-electron chi connectivity index (χ3n) is 4.07. The third kappa shape index (κ3) is 7.44. The molecule has 1 heterocycles. The number of para-hydroxylation sites is 1. The molecule has 0 aliphatic rings. The SMILES string of the molecule is CCCN(CCOc1c(Cl)cc(Cl)cc1Cl)C(=O)n1ccnc1.O=[C]c1ccccc1O. The average Bonchev–Trinajstić information content (AvgIpc) is 3.30. The van der Waals surface area contributed by atoms with Gasteiger partial charge in [0.25, 0.3) is 0 Å². The lowest BCUT2D eigenvalue weighted by Crippen LogP contribution is -2.37. The van der Waals surface area contributed by atoms with Crippen molar-refractivity contribution < 1.29 is 19.4 Å². The fourth-order valence-corrected chi connectivity index (χ4v) is 3.52. The van der Waals surface area contributed by atoms with Crippen LogP contribution in [0.1, 0.15) is 18.9 Å². The van der Waals surface area contributed by atoms with E-state index in [1.165, 1.54) is 23.0 Å². The number of nitrogens with zero attached hydrogens (tertiary/aromatic N) is 3. The number of imidazole rings is 1. The second-order valence-corrected chi connectivity index (χ2v) is 7.66. The van der Waals surface area contributed by atoms with E-state index < -0.39 is 0 Å². The van der Waals surface area contributed by atoms with Crippen molar-refractivity contribution in [1.82, 2.24) is 14.5 Å². The quantitative estimate of drug-likeness (QED) is 0.469. The van der Waals surface area contributed by atoms with Crippen LogP contribution in [0.15, 0.2) is 55.1 Å². The molecule has 2 aromatic carbocycles. The number of hydrogen-bond donors (Lipinski definition) is 1. The lowest BCUT2D eigenvalue weighted by atomic mass is 10.2. The van der Waals surface area contributed by atoms with Gasteiger partial charge in [0.15, 0.2) is 5.75 Å². The highest BCUT2D eigenvalue weighted by Gasteiger charge is 2.15. The number of halogens is 3. The molecule has 0 saturated heterocycles. The number of phenolic OH excluding ortho intramolecular Hbond substituents is 1. The molecule has 0 aliphatic heterocycles. The maximum atomic E-state index is 12.3. The van der Waals surface area contributed by atoms with Crippen molar-refractivity contribution in [2.24, 2.45) is 0 Å². The molecule has 0 unspecified atom stereocenters. The highest BCUT2D eigenvalue weighted by atomic mass is 35.5. The number of carbonyl (C=O) groups is 1. The molecule has 0 atom stereocenters. The Kier molecular flexibility index (Phi) is 10.3. The van der Waals surface area contributed by atoms with Crippen LogP contribution in [0.2, 0.25) is 15.1 Å². The van der Waals surface area contributed by atoms with Crippen molar-refractivity contribution >= 4 is 47.1 Å². The summed E-state index contributed by atoms with van der Waals surface area (Å²) in [4.78, 5) is 27.8. The summed E-state index contributed by atoms with van der Waals surface area (Å²) < 4.78 is 7.05. The number of aromatic nitrogens is 2. The van der Waals surface area contributed by atoms with Crippen LogP contribution < -0.4 is 4.74 Å². The highest BCUT2D eigenvalue weighted by molar-refractivity contribution is 6.40. The molecule has 3 rings (SSSR count). The molecule has 1 amide bonds. The Bertz CT molecular complexity index is 1010. The first kappa shape index (κ1) is 25.5. The smallest absolute Gasteiger partial charge is 0.329 e. The van der Waals surface area contributed by atoms with Crippen molar-refractivity contribution in [2.75, 3.05) is 19.7 Å². The minimum atomic E-state index is -0.152. The van der Waals surface area contributed by atoms with Crippen molar-refractivity contribution in [1.29, 1.82) is 0 Å². The first-order valence-electron chi connectivity index (χ1n) is 9.58. The normalized spacial score (nSPS) is 10.1. The minimum absolute atomic E-state index is 0.0208. The summed E-state index contributed by atoms with van der Waals surface area (Å²) in [5.74, 6) is 0.344. The second-order valence-electron chi connectivity index (χ2n) is 6.41. The zero-order chi connectivity index (χ0) is 23.5. The van der Waals surface area contributed by atoms with Crippen LogP contribution in [0, 0.1) is 0 Å². The molecule has 10 heteroatoms. The summed E-state index contributed by atoms with van der Waals surface area (Å²) in [6.07, 6.45) is 7.07. The first-order chi connectivity index (χ1) is 15.4. The zero-order valence-corrected chi connectivity index (χ0v) is 19.4. The number of aromatic hydroxyl groups is 1.